The summed E-state index contributed by atoms with van der Waals surface area (Å²) >= 11 is 0. The van der Waals surface area contributed by atoms with E-state index in [0.717, 1.165) is 39.1 Å². The predicted octanol–water partition coefficient (Wildman–Crippen LogP) is 2.94. The van der Waals surface area contributed by atoms with Gasteiger partial charge in [-0.25, -0.2) is 0 Å². The van der Waals surface area contributed by atoms with Crippen LogP contribution in [0.1, 0.15) is 41.7 Å². The molecule has 5 nitrogen and oxygen atoms in total. The quantitative estimate of drug-likeness (QED) is 0.853. The largest absolute Gasteiger partial charge is 0.353 e. The number of carbonyl (C=O) groups excluding carboxylic acids is 1. The molecule has 0 bridgehead atoms. The average molecular weight is 352 g/mol. The van der Waals surface area contributed by atoms with Crippen molar-refractivity contribution in [2.24, 2.45) is 12.5 Å². The van der Waals surface area contributed by atoms with Crippen LogP contribution in [0.3, 0.4) is 0 Å². The number of pyridine rings is 1. The van der Waals surface area contributed by atoms with E-state index in [1.54, 1.807) is 12.4 Å². The van der Waals surface area contributed by atoms with E-state index >= 15 is 0 Å². The molecule has 0 atom stereocenters. The van der Waals surface area contributed by atoms with Crippen LogP contribution in [0.25, 0.3) is 0 Å². The van der Waals surface area contributed by atoms with E-state index in [1.165, 1.54) is 25.0 Å². The summed E-state index contributed by atoms with van der Waals surface area (Å²) < 4.78 is 2.21. The number of likely N-dealkylation sites (tertiary alicyclic amines) is 2. The zero-order valence-corrected chi connectivity index (χ0v) is 15.6. The molecule has 2 aromatic heterocycles. The molecule has 1 amide bonds. The minimum atomic E-state index is 0.142. The van der Waals surface area contributed by atoms with Gasteiger partial charge in [-0.05, 0) is 68.5 Å². The maximum atomic E-state index is 12.8. The second-order valence-electron chi connectivity index (χ2n) is 7.96. The van der Waals surface area contributed by atoms with Crippen molar-refractivity contribution in [3.05, 3.63) is 54.1 Å². The second kappa shape index (κ2) is 7.23. The molecule has 2 aliphatic rings. The Morgan fingerprint density at radius 1 is 1.15 bits per heavy atom. The van der Waals surface area contributed by atoms with Crippen LogP contribution in [-0.4, -0.2) is 51.4 Å². The molecule has 2 fully saturated rings. The lowest BCUT2D eigenvalue weighted by molar-refractivity contribution is 0.0193. The molecular weight excluding hydrogens is 324 g/mol. The Bertz CT molecular complexity index is 746. The lowest BCUT2D eigenvalue weighted by Crippen LogP contribution is -2.51. The van der Waals surface area contributed by atoms with Crippen molar-refractivity contribution in [3.8, 4) is 0 Å². The lowest BCUT2D eigenvalue weighted by Gasteiger charge is -2.47. The Balaban J connectivity index is 1.37. The predicted molar refractivity (Wildman–Crippen MR) is 102 cm³/mol. The van der Waals surface area contributed by atoms with Crippen molar-refractivity contribution >= 4 is 5.91 Å². The summed E-state index contributed by atoms with van der Waals surface area (Å²) in [5.74, 6) is 0.142. The molecule has 0 unspecified atom stereocenters. The number of aromatic nitrogens is 2. The van der Waals surface area contributed by atoms with Crippen molar-refractivity contribution in [1.82, 2.24) is 19.4 Å². The van der Waals surface area contributed by atoms with Crippen LogP contribution >= 0.6 is 0 Å². The standard InChI is InChI=1S/C21H28N4O/c1-23-11-3-6-19(23)16-24-13-8-21(9-14-24)7-4-12-25(17-21)20(26)18-5-2-10-22-15-18/h2-3,5-6,10-11,15H,4,7-9,12-14,16-17H2,1H3. The molecule has 0 aromatic carbocycles. The van der Waals surface area contributed by atoms with E-state index in [4.69, 9.17) is 0 Å². The Labute approximate surface area is 155 Å². The third-order valence-electron chi connectivity index (χ3n) is 6.21. The number of piperidine rings is 2. The Morgan fingerprint density at radius 2 is 2.00 bits per heavy atom. The van der Waals surface area contributed by atoms with Gasteiger partial charge in [0.1, 0.15) is 0 Å². The molecule has 138 valence electrons. The molecule has 26 heavy (non-hydrogen) atoms. The van der Waals surface area contributed by atoms with E-state index in [1.807, 2.05) is 12.1 Å². The number of aryl methyl sites for hydroxylation is 1. The molecule has 2 aromatic rings. The summed E-state index contributed by atoms with van der Waals surface area (Å²) in [5.41, 5.74) is 2.39. The lowest BCUT2D eigenvalue weighted by atomic mass is 9.72. The molecule has 2 saturated heterocycles. The van der Waals surface area contributed by atoms with Gasteiger partial charge in [-0.3, -0.25) is 14.7 Å². The van der Waals surface area contributed by atoms with Gasteiger partial charge in [0, 0.05) is 51.0 Å². The van der Waals surface area contributed by atoms with E-state index < -0.39 is 0 Å². The van der Waals surface area contributed by atoms with E-state index in [-0.39, 0.29) is 5.91 Å². The van der Waals surface area contributed by atoms with Crippen molar-refractivity contribution in [2.45, 2.75) is 32.2 Å². The van der Waals surface area contributed by atoms with Gasteiger partial charge in [0.2, 0.25) is 0 Å². The van der Waals surface area contributed by atoms with Gasteiger partial charge in [0.25, 0.3) is 5.91 Å². The molecule has 1 spiro atoms. The normalized spacial score (nSPS) is 20.4. The van der Waals surface area contributed by atoms with E-state index in [0.29, 0.717) is 11.0 Å². The summed E-state index contributed by atoms with van der Waals surface area (Å²) in [4.78, 5) is 21.5. The maximum absolute atomic E-state index is 12.8. The smallest absolute Gasteiger partial charge is 0.255 e. The Morgan fingerprint density at radius 3 is 2.69 bits per heavy atom. The minimum absolute atomic E-state index is 0.142. The third kappa shape index (κ3) is 3.54. The van der Waals surface area contributed by atoms with Crippen LogP contribution in [0.5, 0.6) is 0 Å². The van der Waals surface area contributed by atoms with Crippen LogP contribution in [-0.2, 0) is 13.6 Å². The number of rotatable bonds is 3. The number of amides is 1. The van der Waals surface area contributed by atoms with Gasteiger partial charge in [-0.2, -0.15) is 0 Å². The maximum Gasteiger partial charge on any atom is 0.255 e. The minimum Gasteiger partial charge on any atom is -0.353 e. The fourth-order valence-electron chi connectivity index (χ4n) is 4.54. The van der Waals surface area contributed by atoms with Crippen molar-refractivity contribution in [3.63, 3.8) is 0 Å². The van der Waals surface area contributed by atoms with Crippen LogP contribution < -0.4 is 0 Å². The molecule has 5 heteroatoms. The number of hydrogen-bond donors (Lipinski definition) is 0. The summed E-state index contributed by atoms with van der Waals surface area (Å²) in [5, 5.41) is 0. The second-order valence-corrected chi connectivity index (χ2v) is 7.96. The highest BCUT2D eigenvalue weighted by atomic mass is 16.2. The molecule has 0 N–H and O–H groups in total. The first-order chi connectivity index (χ1) is 12.7. The fraction of sp³-hybridized carbons (Fsp3) is 0.524. The average Bonchev–Trinajstić information content (AvgIpc) is 3.09. The zero-order chi connectivity index (χ0) is 18.0. The summed E-state index contributed by atoms with van der Waals surface area (Å²) in [6.07, 6.45) is 10.3. The van der Waals surface area contributed by atoms with Gasteiger partial charge >= 0.3 is 0 Å². The van der Waals surface area contributed by atoms with Crippen molar-refractivity contribution in [2.75, 3.05) is 26.2 Å². The number of hydrogen-bond acceptors (Lipinski definition) is 3. The van der Waals surface area contributed by atoms with Gasteiger partial charge in [0.05, 0.1) is 5.56 Å². The van der Waals surface area contributed by atoms with Crippen LogP contribution in [0.2, 0.25) is 0 Å². The zero-order valence-electron chi connectivity index (χ0n) is 15.6. The third-order valence-corrected chi connectivity index (χ3v) is 6.21. The molecular formula is C21H28N4O. The first kappa shape index (κ1) is 17.3. The number of carbonyl (C=O) groups is 1. The summed E-state index contributed by atoms with van der Waals surface area (Å²) in [6, 6.07) is 8.04. The highest BCUT2D eigenvalue weighted by Crippen LogP contribution is 2.40. The van der Waals surface area contributed by atoms with Gasteiger partial charge in [-0.15, -0.1) is 0 Å². The summed E-state index contributed by atoms with van der Waals surface area (Å²) in [6.45, 7) is 5.05. The molecule has 2 aliphatic heterocycles. The highest BCUT2D eigenvalue weighted by molar-refractivity contribution is 5.93. The molecule has 0 radical (unpaired) electrons. The number of nitrogens with zero attached hydrogens (tertiary/aromatic N) is 4. The molecule has 4 rings (SSSR count). The summed E-state index contributed by atoms with van der Waals surface area (Å²) in [7, 11) is 2.11. The SMILES string of the molecule is Cn1cccc1CN1CCC2(CCCN(C(=O)c3cccnc3)C2)CC1. The van der Waals surface area contributed by atoms with Crippen LogP contribution in [0.15, 0.2) is 42.9 Å². The van der Waals surface area contributed by atoms with Crippen LogP contribution in [0, 0.1) is 5.41 Å². The molecule has 0 saturated carbocycles. The topological polar surface area (TPSA) is 41.4 Å². The highest BCUT2D eigenvalue weighted by Gasteiger charge is 2.39. The first-order valence-corrected chi connectivity index (χ1v) is 9.67. The Kier molecular flexibility index (Phi) is 4.81. The van der Waals surface area contributed by atoms with Gasteiger partial charge in [-0.1, -0.05) is 0 Å². The van der Waals surface area contributed by atoms with Crippen LogP contribution in [0.4, 0.5) is 0 Å². The van der Waals surface area contributed by atoms with Crippen molar-refractivity contribution < 1.29 is 4.79 Å². The monoisotopic (exact) mass is 352 g/mol. The Hall–Kier alpha value is -2.14. The molecule has 0 aliphatic carbocycles. The molecule has 4 heterocycles. The first-order valence-electron chi connectivity index (χ1n) is 9.67. The van der Waals surface area contributed by atoms with Gasteiger partial charge in [0.15, 0.2) is 0 Å². The van der Waals surface area contributed by atoms with E-state index in [2.05, 4.69) is 44.7 Å². The van der Waals surface area contributed by atoms with Crippen molar-refractivity contribution in [1.29, 1.82) is 0 Å². The van der Waals surface area contributed by atoms with E-state index in [9.17, 15) is 4.79 Å². The van der Waals surface area contributed by atoms with Gasteiger partial charge < -0.3 is 9.47 Å². The fourth-order valence-corrected chi connectivity index (χ4v) is 4.54.